The monoisotopic (exact) mass is 225 g/mol. The van der Waals surface area contributed by atoms with Crippen molar-refractivity contribution in [1.82, 2.24) is 4.98 Å². The second-order valence-corrected chi connectivity index (χ2v) is 5.73. The maximum absolute atomic E-state index is 5.81. The zero-order valence-corrected chi connectivity index (χ0v) is 10.4. The van der Waals surface area contributed by atoms with Crippen LogP contribution in [0.5, 0.6) is 0 Å². The maximum Gasteiger partial charge on any atom is 0.185 e. The number of nitrogens with zero attached hydrogens (tertiary/aromatic N) is 2. The lowest BCUT2D eigenvalue weighted by atomic mass is 10.3. The minimum atomic E-state index is 0.101. The van der Waals surface area contributed by atoms with Gasteiger partial charge in [-0.3, -0.25) is 0 Å². The molecule has 0 radical (unpaired) electrons. The molecule has 1 fully saturated rings. The zero-order valence-electron chi connectivity index (χ0n) is 9.60. The Balaban J connectivity index is 1.96. The van der Waals surface area contributed by atoms with Crippen LogP contribution in [0.4, 0.5) is 5.13 Å². The molecule has 4 heteroatoms. The fourth-order valence-electron chi connectivity index (χ4n) is 1.75. The highest BCUT2D eigenvalue weighted by atomic mass is 32.1. The van der Waals surface area contributed by atoms with Gasteiger partial charge < -0.3 is 10.6 Å². The second kappa shape index (κ2) is 4.10. The topological polar surface area (TPSA) is 42.1 Å². The Morgan fingerprint density at radius 3 is 2.87 bits per heavy atom. The van der Waals surface area contributed by atoms with Crippen molar-refractivity contribution in [3.8, 4) is 0 Å². The summed E-state index contributed by atoms with van der Waals surface area (Å²) < 4.78 is 0. The Hall–Kier alpha value is -0.610. The number of nitrogens with two attached hydrogens (primary N) is 1. The van der Waals surface area contributed by atoms with Crippen molar-refractivity contribution in [3.05, 3.63) is 11.1 Å². The average molecular weight is 225 g/mol. The Bertz CT molecular complexity index is 334. The standard InChI is InChI=1S/C11H19N3S/c1-7-4-9(7)6-14(3)11-13-5-10(15-11)8(2)12/h5,7-9H,4,6,12H2,1-3H3. The molecule has 1 saturated carbocycles. The van der Waals surface area contributed by atoms with E-state index in [1.807, 2.05) is 13.1 Å². The van der Waals surface area contributed by atoms with Gasteiger partial charge in [-0.05, 0) is 25.2 Å². The van der Waals surface area contributed by atoms with Crippen molar-refractivity contribution in [1.29, 1.82) is 0 Å². The van der Waals surface area contributed by atoms with Gasteiger partial charge in [-0.2, -0.15) is 0 Å². The molecular weight excluding hydrogens is 206 g/mol. The first-order valence-electron chi connectivity index (χ1n) is 5.50. The first kappa shape index (κ1) is 10.9. The molecule has 0 amide bonds. The molecule has 0 aromatic carbocycles. The van der Waals surface area contributed by atoms with Crippen molar-refractivity contribution in [2.24, 2.45) is 17.6 Å². The highest BCUT2D eigenvalue weighted by molar-refractivity contribution is 7.15. The summed E-state index contributed by atoms with van der Waals surface area (Å²) in [6.07, 6.45) is 3.27. The van der Waals surface area contributed by atoms with Gasteiger partial charge in [-0.15, -0.1) is 11.3 Å². The number of anilines is 1. The molecule has 1 aromatic rings. The number of rotatable bonds is 4. The van der Waals surface area contributed by atoms with Crippen LogP contribution in [-0.4, -0.2) is 18.6 Å². The Morgan fingerprint density at radius 2 is 2.40 bits per heavy atom. The summed E-state index contributed by atoms with van der Waals surface area (Å²) in [7, 11) is 2.12. The van der Waals surface area contributed by atoms with Crippen LogP contribution in [0.15, 0.2) is 6.20 Å². The van der Waals surface area contributed by atoms with Gasteiger partial charge in [0.15, 0.2) is 5.13 Å². The molecule has 1 aliphatic rings. The van der Waals surface area contributed by atoms with Crippen LogP contribution < -0.4 is 10.6 Å². The SMILES string of the molecule is CC(N)c1cnc(N(C)CC2CC2C)s1. The minimum Gasteiger partial charge on any atom is -0.351 e. The molecule has 84 valence electrons. The quantitative estimate of drug-likeness (QED) is 0.854. The average Bonchev–Trinajstić information content (AvgIpc) is 2.71. The Labute approximate surface area is 95.3 Å². The van der Waals surface area contributed by atoms with E-state index in [0.717, 1.165) is 23.5 Å². The van der Waals surface area contributed by atoms with Gasteiger partial charge >= 0.3 is 0 Å². The molecule has 3 unspecified atom stereocenters. The van der Waals surface area contributed by atoms with E-state index >= 15 is 0 Å². The van der Waals surface area contributed by atoms with Crippen molar-refractivity contribution in [2.75, 3.05) is 18.5 Å². The molecule has 2 N–H and O–H groups in total. The third-order valence-corrected chi connectivity index (χ3v) is 4.38. The van der Waals surface area contributed by atoms with E-state index in [-0.39, 0.29) is 6.04 Å². The van der Waals surface area contributed by atoms with Crippen LogP contribution in [-0.2, 0) is 0 Å². The molecule has 1 aliphatic carbocycles. The third kappa shape index (κ3) is 2.49. The highest BCUT2D eigenvalue weighted by Crippen LogP contribution is 2.39. The van der Waals surface area contributed by atoms with Crippen molar-refractivity contribution < 1.29 is 0 Å². The smallest absolute Gasteiger partial charge is 0.185 e. The predicted octanol–water partition coefficient (Wildman–Crippen LogP) is 2.25. The van der Waals surface area contributed by atoms with Crippen molar-refractivity contribution in [2.45, 2.75) is 26.3 Å². The van der Waals surface area contributed by atoms with Crippen LogP contribution in [0.3, 0.4) is 0 Å². The first-order valence-corrected chi connectivity index (χ1v) is 6.32. The normalized spacial score (nSPS) is 26.4. The molecule has 3 nitrogen and oxygen atoms in total. The van der Waals surface area contributed by atoms with Crippen LogP contribution in [0, 0.1) is 11.8 Å². The van der Waals surface area contributed by atoms with Gasteiger partial charge in [-0.1, -0.05) is 6.92 Å². The van der Waals surface area contributed by atoms with Gasteiger partial charge in [0.1, 0.15) is 0 Å². The van der Waals surface area contributed by atoms with E-state index in [1.165, 1.54) is 11.3 Å². The van der Waals surface area contributed by atoms with Gasteiger partial charge in [0.25, 0.3) is 0 Å². The van der Waals surface area contributed by atoms with E-state index in [4.69, 9.17) is 5.73 Å². The van der Waals surface area contributed by atoms with E-state index in [2.05, 4.69) is 23.9 Å². The Kier molecular flexibility index (Phi) is 2.98. The number of thiazole rings is 1. The zero-order chi connectivity index (χ0) is 11.0. The molecule has 0 aliphatic heterocycles. The van der Waals surface area contributed by atoms with E-state index in [9.17, 15) is 0 Å². The van der Waals surface area contributed by atoms with Gasteiger partial charge in [0.2, 0.25) is 0 Å². The lowest BCUT2D eigenvalue weighted by Crippen LogP contribution is -2.20. The molecule has 0 saturated heterocycles. The molecule has 1 heterocycles. The van der Waals surface area contributed by atoms with Gasteiger partial charge in [0.05, 0.1) is 0 Å². The number of aromatic nitrogens is 1. The van der Waals surface area contributed by atoms with Crippen LogP contribution in [0.25, 0.3) is 0 Å². The molecular formula is C11H19N3S. The van der Waals surface area contributed by atoms with E-state index in [0.29, 0.717) is 0 Å². The summed E-state index contributed by atoms with van der Waals surface area (Å²) >= 11 is 1.71. The first-order chi connectivity index (χ1) is 7.08. The maximum atomic E-state index is 5.81. The summed E-state index contributed by atoms with van der Waals surface area (Å²) in [5.74, 6) is 1.78. The summed E-state index contributed by atoms with van der Waals surface area (Å²) in [6, 6.07) is 0.101. The summed E-state index contributed by atoms with van der Waals surface area (Å²) in [5.41, 5.74) is 5.81. The van der Waals surface area contributed by atoms with Crippen LogP contribution in [0.2, 0.25) is 0 Å². The lowest BCUT2D eigenvalue weighted by Gasteiger charge is -2.15. The second-order valence-electron chi connectivity index (χ2n) is 4.69. The van der Waals surface area contributed by atoms with Gasteiger partial charge in [0, 0.05) is 30.7 Å². The summed E-state index contributed by atoms with van der Waals surface area (Å²) in [4.78, 5) is 7.83. The molecule has 2 rings (SSSR count). The molecule has 15 heavy (non-hydrogen) atoms. The Morgan fingerprint density at radius 1 is 1.73 bits per heavy atom. The molecule has 3 atom stereocenters. The third-order valence-electron chi connectivity index (χ3n) is 3.07. The van der Waals surface area contributed by atoms with Gasteiger partial charge in [-0.25, -0.2) is 4.98 Å². The fourth-order valence-corrected chi connectivity index (χ4v) is 2.59. The minimum absolute atomic E-state index is 0.101. The molecule has 0 spiro atoms. The lowest BCUT2D eigenvalue weighted by molar-refractivity contribution is 0.724. The fraction of sp³-hybridized carbons (Fsp3) is 0.727. The van der Waals surface area contributed by atoms with E-state index in [1.54, 1.807) is 11.3 Å². The molecule has 1 aromatic heterocycles. The van der Waals surface area contributed by atoms with Crippen molar-refractivity contribution in [3.63, 3.8) is 0 Å². The van der Waals surface area contributed by atoms with E-state index < -0.39 is 0 Å². The molecule has 0 bridgehead atoms. The van der Waals surface area contributed by atoms with Crippen LogP contribution in [0.1, 0.15) is 31.2 Å². The van der Waals surface area contributed by atoms with Crippen LogP contribution >= 0.6 is 11.3 Å². The highest BCUT2D eigenvalue weighted by Gasteiger charge is 2.33. The summed E-state index contributed by atoms with van der Waals surface area (Å²) in [5, 5.41) is 1.10. The number of hydrogen-bond acceptors (Lipinski definition) is 4. The predicted molar refractivity (Wildman–Crippen MR) is 65.3 cm³/mol. The number of hydrogen-bond donors (Lipinski definition) is 1. The summed E-state index contributed by atoms with van der Waals surface area (Å²) in [6.45, 7) is 5.45. The van der Waals surface area contributed by atoms with Crippen molar-refractivity contribution >= 4 is 16.5 Å². The largest absolute Gasteiger partial charge is 0.351 e.